The van der Waals surface area contributed by atoms with Crippen molar-refractivity contribution in [3.63, 3.8) is 0 Å². The van der Waals surface area contributed by atoms with Crippen molar-refractivity contribution >= 4 is 44.7 Å². The molecule has 0 unspecified atom stereocenters. The molecule has 0 spiro atoms. The average molecular weight is 361 g/mol. The number of anilines is 1. The monoisotopic (exact) mass is 359 g/mol. The van der Waals surface area contributed by atoms with Crippen LogP contribution >= 0.6 is 38.9 Å². The molecule has 2 heterocycles. The molecule has 2 rings (SSSR count). The number of hydrogen-bond acceptors (Lipinski definition) is 4. The van der Waals surface area contributed by atoms with Gasteiger partial charge in [-0.1, -0.05) is 11.6 Å². The maximum absolute atomic E-state index is 6.12. The van der Waals surface area contributed by atoms with E-state index in [9.17, 15) is 0 Å². The quantitative estimate of drug-likeness (QED) is 0.876. The van der Waals surface area contributed by atoms with Crippen LogP contribution in [0, 0.1) is 0 Å². The second-order valence-electron chi connectivity index (χ2n) is 4.25. The zero-order valence-electron chi connectivity index (χ0n) is 10.8. The van der Waals surface area contributed by atoms with Crippen molar-refractivity contribution in [3.8, 4) is 0 Å². The molecule has 0 fully saturated rings. The number of rotatable bonds is 5. The van der Waals surface area contributed by atoms with Crippen molar-refractivity contribution in [3.05, 3.63) is 43.6 Å². The van der Waals surface area contributed by atoms with Gasteiger partial charge < -0.3 is 10.2 Å². The Morgan fingerprint density at radius 2 is 2.26 bits per heavy atom. The highest BCUT2D eigenvalue weighted by atomic mass is 79.9. The first kappa shape index (κ1) is 14.8. The molecule has 1 N–H and O–H groups in total. The second kappa shape index (κ2) is 6.70. The summed E-state index contributed by atoms with van der Waals surface area (Å²) < 4.78 is 1.13. The van der Waals surface area contributed by atoms with Crippen molar-refractivity contribution in [1.29, 1.82) is 0 Å². The van der Waals surface area contributed by atoms with E-state index in [1.54, 1.807) is 17.5 Å². The first-order valence-electron chi connectivity index (χ1n) is 5.83. The summed E-state index contributed by atoms with van der Waals surface area (Å²) in [6, 6.07) is 4.16. The minimum absolute atomic E-state index is 0.699. The summed E-state index contributed by atoms with van der Waals surface area (Å²) in [5.74, 6) is 0.930. The largest absolute Gasteiger partial charge is 0.355 e. The number of pyridine rings is 1. The summed E-state index contributed by atoms with van der Waals surface area (Å²) in [5.41, 5.74) is 1.06. The normalized spacial score (nSPS) is 10.7. The first-order valence-corrected chi connectivity index (χ1v) is 7.88. The van der Waals surface area contributed by atoms with Gasteiger partial charge in [-0.3, -0.25) is 0 Å². The fourth-order valence-corrected chi connectivity index (χ4v) is 3.43. The number of thiophene rings is 1. The molecule has 0 aliphatic heterocycles. The molecule has 0 saturated heterocycles. The van der Waals surface area contributed by atoms with Gasteiger partial charge in [0.05, 0.1) is 11.6 Å². The van der Waals surface area contributed by atoms with E-state index in [1.165, 1.54) is 4.88 Å². The molecule has 0 bridgehead atoms. The lowest BCUT2D eigenvalue weighted by atomic mass is 10.2. The molecule has 0 aliphatic carbocycles. The van der Waals surface area contributed by atoms with Crippen LogP contribution in [0.3, 0.4) is 0 Å². The van der Waals surface area contributed by atoms with Gasteiger partial charge in [0.15, 0.2) is 0 Å². The molecule has 2 aromatic rings. The Balaban J connectivity index is 2.14. The van der Waals surface area contributed by atoms with Crippen molar-refractivity contribution in [1.82, 2.24) is 10.3 Å². The van der Waals surface area contributed by atoms with Gasteiger partial charge in [0.1, 0.15) is 5.82 Å². The zero-order valence-corrected chi connectivity index (χ0v) is 13.9. The molecule has 0 radical (unpaired) electrons. The Bertz CT molecular complexity index is 559. The third kappa shape index (κ3) is 3.92. The third-order valence-corrected chi connectivity index (χ3v) is 4.72. The van der Waals surface area contributed by atoms with Crippen LogP contribution in [0.4, 0.5) is 5.82 Å². The fraction of sp³-hybridized carbons (Fsp3) is 0.308. The number of aromatic nitrogens is 1. The maximum atomic E-state index is 6.12. The fourth-order valence-electron chi connectivity index (χ4n) is 1.75. The minimum Gasteiger partial charge on any atom is -0.355 e. The summed E-state index contributed by atoms with van der Waals surface area (Å²) in [7, 11) is 3.94. The van der Waals surface area contributed by atoms with E-state index >= 15 is 0 Å². The molecule has 0 atom stereocenters. The highest BCUT2D eigenvalue weighted by Gasteiger charge is 2.08. The van der Waals surface area contributed by atoms with E-state index in [-0.39, 0.29) is 0 Å². The second-order valence-corrected chi connectivity index (χ2v) is 6.57. The van der Waals surface area contributed by atoms with Gasteiger partial charge in [-0.25, -0.2) is 4.98 Å². The highest BCUT2D eigenvalue weighted by molar-refractivity contribution is 9.10. The summed E-state index contributed by atoms with van der Waals surface area (Å²) in [4.78, 5) is 7.79. The Morgan fingerprint density at radius 1 is 1.47 bits per heavy atom. The SMILES string of the molecule is CNCc1cc(N(C)Cc2cc(Br)cs2)ncc1Cl. The van der Waals surface area contributed by atoms with E-state index in [2.05, 4.69) is 42.6 Å². The van der Waals surface area contributed by atoms with Gasteiger partial charge in [0.2, 0.25) is 0 Å². The van der Waals surface area contributed by atoms with Crippen molar-refractivity contribution in [2.45, 2.75) is 13.1 Å². The minimum atomic E-state index is 0.699. The lowest BCUT2D eigenvalue weighted by Gasteiger charge is -2.18. The summed E-state index contributed by atoms with van der Waals surface area (Å²) in [6.45, 7) is 1.58. The Morgan fingerprint density at radius 3 is 2.89 bits per heavy atom. The topological polar surface area (TPSA) is 28.2 Å². The van der Waals surface area contributed by atoms with Gasteiger partial charge in [0, 0.05) is 34.5 Å². The summed E-state index contributed by atoms with van der Waals surface area (Å²) in [6.07, 6.45) is 1.71. The predicted octanol–water partition coefficient (Wildman–Crippen LogP) is 3.91. The van der Waals surface area contributed by atoms with Gasteiger partial charge in [0.25, 0.3) is 0 Å². The zero-order chi connectivity index (χ0) is 13.8. The standard InChI is InChI=1S/C13H15BrClN3S/c1-16-5-9-3-13(17-6-12(9)15)18(2)7-11-4-10(14)8-19-11/h3-4,6,8,16H,5,7H2,1-2H3. The molecule has 3 nitrogen and oxygen atoms in total. The van der Waals surface area contributed by atoms with Crippen LogP contribution < -0.4 is 10.2 Å². The highest BCUT2D eigenvalue weighted by Crippen LogP contribution is 2.24. The average Bonchev–Trinajstić information content (AvgIpc) is 2.77. The van der Waals surface area contributed by atoms with E-state index in [4.69, 9.17) is 11.6 Å². The lowest BCUT2D eigenvalue weighted by molar-refractivity contribution is 0.812. The van der Waals surface area contributed by atoms with Crippen LogP contribution in [0.15, 0.2) is 28.2 Å². The van der Waals surface area contributed by atoms with E-state index in [0.29, 0.717) is 5.02 Å². The third-order valence-electron chi connectivity index (χ3n) is 2.69. The molecule has 0 amide bonds. The molecule has 0 saturated carbocycles. The van der Waals surface area contributed by atoms with Crippen molar-refractivity contribution < 1.29 is 0 Å². The Hall–Kier alpha value is -0.620. The molecule has 0 aromatic carbocycles. The van der Waals surface area contributed by atoms with Gasteiger partial charge in [-0.05, 0) is 40.7 Å². The van der Waals surface area contributed by atoms with Crippen LogP contribution in [0.25, 0.3) is 0 Å². The molecule has 2 aromatic heterocycles. The van der Waals surface area contributed by atoms with E-state index in [0.717, 1.165) is 28.9 Å². The van der Waals surface area contributed by atoms with Crippen molar-refractivity contribution in [2.24, 2.45) is 0 Å². The van der Waals surface area contributed by atoms with Crippen LogP contribution in [0.1, 0.15) is 10.4 Å². The number of hydrogen-bond donors (Lipinski definition) is 1. The van der Waals surface area contributed by atoms with Gasteiger partial charge in [-0.15, -0.1) is 11.3 Å². The molecule has 19 heavy (non-hydrogen) atoms. The Kier molecular flexibility index (Phi) is 5.21. The number of nitrogens with zero attached hydrogens (tertiary/aromatic N) is 2. The maximum Gasteiger partial charge on any atom is 0.128 e. The van der Waals surface area contributed by atoms with Gasteiger partial charge in [-0.2, -0.15) is 0 Å². The predicted molar refractivity (Wildman–Crippen MR) is 86.1 cm³/mol. The molecule has 6 heteroatoms. The summed E-state index contributed by atoms with van der Waals surface area (Å²) >= 11 is 11.3. The van der Waals surface area contributed by atoms with Crippen LogP contribution in [0.5, 0.6) is 0 Å². The summed E-state index contributed by atoms with van der Waals surface area (Å²) in [5, 5.41) is 5.90. The molecule has 0 aliphatic rings. The van der Waals surface area contributed by atoms with Gasteiger partial charge >= 0.3 is 0 Å². The lowest BCUT2D eigenvalue weighted by Crippen LogP contribution is -2.17. The van der Waals surface area contributed by atoms with E-state index in [1.807, 2.05) is 20.2 Å². The first-order chi connectivity index (χ1) is 9.10. The number of halogens is 2. The smallest absolute Gasteiger partial charge is 0.128 e. The van der Waals surface area contributed by atoms with Crippen molar-refractivity contribution in [2.75, 3.05) is 19.0 Å². The molecular formula is C13H15BrClN3S. The van der Waals surface area contributed by atoms with Crippen LogP contribution in [-0.4, -0.2) is 19.1 Å². The van der Waals surface area contributed by atoms with Crippen LogP contribution in [-0.2, 0) is 13.1 Å². The molecular weight excluding hydrogens is 346 g/mol. The van der Waals surface area contributed by atoms with Crippen LogP contribution in [0.2, 0.25) is 5.02 Å². The Labute approximate surface area is 130 Å². The van der Waals surface area contributed by atoms with E-state index < -0.39 is 0 Å². The number of nitrogens with one attached hydrogen (secondary N) is 1. The molecule has 102 valence electrons.